The van der Waals surface area contributed by atoms with Gasteiger partial charge in [-0.05, 0) is 52.2 Å². The Morgan fingerprint density at radius 3 is 2.90 bits per heavy atom. The second-order valence-electron chi connectivity index (χ2n) is 5.03. The highest BCUT2D eigenvalue weighted by Gasteiger charge is 2.10. The van der Waals surface area contributed by atoms with Crippen molar-refractivity contribution in [3.63, 3.8) is 0 Å². The van der Waals surface area contributed by atoms with Gasteiger partial charge >= 0.3 is 0 Å². The minimum atomic E-state index is 0.465. The predicted molar refractivity (Wildman–Crippen MR) is 86.8 cm³/mol. The number of nitrogens with one attached hydrogen (secondary N) is 1. The van der Waals surface area contributed by atoms with Crippen molar-refractivity contribution in [1.82, 2.24) is 14.9 Å². The molecular weight excluding hydrogens is 314 g/mol. The Labute approximate surface area is 129 Å². The molecule has 0 amide bonds. The minimum absolute atomic E-state index is 0.465. The lowest BCUT2D eigenvalue weighted by Crippen LogP contribution is -2.20. The number of halogens is 1. The molecule has 20 heavy (non-hydrogen) atoms. The quantitative estimate of drug-likeness (QED) is 0.823. The van der Waals surface area contributed by atoms with Crippen LogP contribution in [0.1, 0.15) is 43.9 Å². The third kappa shape index (κ3) is 4.18. The van der Waals surface area contributed by atoms with E-state index < -0.39 is 0 Å². The van der Waals surface area contributed by atoms with Crippen molar-refractivity contribution >= 4 is 15.9 Å². The molecule has 3 nitrogen and oxygen atoms in total. The normalized spacial score (nSPS) is 12.6. The average molecular weight is 336 g/mol. The van der Waals surface area contributed by atoms with Crippen LogP contribution >= 0.6 is 15.9 Å². The first kappa shape index (κ1) is 15.3. The van der Waals surface area contributed by atoms with Crippen LogP contribution in [0.5, 0.6) is 0 Å². The van der Waals surface area contributed by atoms with Crippen LogP contribution in [-0.4, -0.2) is 16.1 Å². The predicted octanol–water partition coefficient (Wildman–Crippen LogP) is 4.14. The molecule has 0 bridgehead atoms. The molecule has 2 aromatic rings. The molecule has 1 unspecified atom stereocenters. The molecule has 0 saturated carbocycles. The molecule has 0 aliphatic carbocycles. The van der Waals surface area contributed by atoms with Gasteiger partial charge in [0.1, 0.15) is 0 Å². The first-order valence-corrected chi connectivity index (χ1v) is 8.00. The van der Waals surface area contributed by atoms with E-state index in [1.165, 1.54) is 24.0 Å². The van der Waals surface area contributed by atoms with Gasteiger partial charge in [0.2, 0.25) is 0 Å². The Kier molecular flexibility index (Phi) is 5.80. The fourth-order valence-electron chi connectivity index (χ4n) is 2.44. The van der Waals surface area contributed by atoms with E-state index in [2.05, 4.69) is 69.2 Å². The molecule has 2 rings (SSSR count). The second-order valence-corrected chi connectivity index (χ2v) is 5.94. The van der Waals surface area contributed by atoms with Crippen molar-refractivity contribution in [1.29, 1.82) is 0 Å². The molecule has 108 valence electrons. The molecule has 4 heteroatoms. The van der Waals surface area contributed by atoms with Crippen molar-refractivity contribution in [2.24, 2.45) is 0 Å². The Balaban J connectivity index is 2.07. The van der Waals surface area contributed by atoms with Gasteiger partial charge in [-0.25, -0.2) is 0 Å². The Hall–Kier alpha value is -1.13. The molecule has 0 aromatic carbocycles. The largest absolute Gasteiger partial charge is 0.350 e. The molecular formula is C16H22BrN3. The van der Waals surface area contributed by atoms with Crippen molar-refractivity contribution < 1.29 is 0 Å². The molecule has 0 aliphatic rings. The molecule has 1 atom stereocenters. The molecule has 0 spiro atoms. The third-order valence-corrected chi connectivity index (χ3v) is 3.76. The van der Waals surface area contributed by atoms with E-state index in [9.17, 15) is 0 Å². The van der Waals surface area contributed by atoms with Crippen molar-refractivity contribution in [2.75, 3.05) is 6.54 Å². The van der Waals surface area contributed by atoms with Crippen LogP contribution in [0.2, 0.25) is 0 Å². The monoisotopic (exact) mass is 335 g/mol. The maximum Gasteiger partial charge on any atom is 0.0485 e. The summed E-state index contributed by atoms with van der Waals surface area (Å²) >= 11 is 3.46. The zero-order valence-corrected chi connectivity index (χ0v) is 13.7. The molecule has 0 saturated heterocycles. The van der Waals surface area contributed by atoms with Gasteiger partial charge in [-0.3, -0.25) is 4.98 Å². The highest BCUT2D eigenvalue weighted by atomic mass is 79.9. The summed E-state index contributed by atoms with van der Waals surface area (Å²) in [6.07, 6.45) is 10.5. The van der Waals surface area contributed by atoms with Gasteiger partial charge < -0.3 is 9.88 Å². The molecule has 0 aliphatic heterocycles. The van der Waals surface area contributed by atoms with E-state index in [1.54, 1.807) is 0 Å². The lowest BCUT2D eigenvalue weighted by molar-refractivity contribution is 0.508. The number of hydrogen-bond acceptors (Lipinski definition) is 2. The minimum Gasteiger partial charge on any atom is -0.350 e. The van der Waals surface area contributed by atoms with Crippen LogP contribution in [-0.2, 0) is 6.54 Å². The van der Waals surface area contributed by atoms with E-state index in [-0.39, 0.29) is 0 Å². The lowest BCUT2D eigenvalue weighted by Gasteiger charge is -2.15. The second kappa shape index (κ2) is 7.60. The standard InChI is InChI=1S/C16H22BrN3/c1-3-5-16(19-4-2)14-6-7-20(12-14)11-13-8-15(17)10-18-9-13/h6-10,12,16,19H,3-5,11H2,1-2H3. The Bertz CT molecular complexity index is 530. The molecule has 2 aromatic heterocycles. The van der Waals surface area contributed by atoms with Crippen LogP contribution in [0.15, 0.2) is 41.4 Å². The van der Waals surface area contributed by atoms with E-state index in [0.717, 1.165) is 17.6 Å². The summed E-state index contributed by atoms with van der Waals surface area (Å²) in [4.78, 5) is 4.21. The number of nitrogens with zero attached hydrogens (tertiary/aromatic N) is 2. The summed E-state index contributed by atoms with van der Waals surface area (Å²) in [5.41, 5.74) is 2.58. The molecule has 1 N–H and O–H groups in total. The van der Waals surface area contributed by atoms with Gasteiger partial charge in [0.25, 0.3) is 0 Å². The highest BCUT2D eigenvalue weighted by molar-refractivity contribution is 9.10. The van der Waals surface area contributed by atoms with Crippen LogP contribution in [0, 0.1) is 0 Å². The first-order valence-electron chi connectivity index (χ1n) is 7.21. The van der Waals surface area contributed by atoms with Crippen molar-refractivity contribution in [3.05, 3.63) is 52.5 Å². The SMILES string of the molecule is CCCC(NCC)c1ccn(Cc2cncc(Br)c2)c1. The topological polar surface area (TPSA) is 29.9 Å². The fourth-order valence-corrected chi connectivity index (χ4v) is 2.85. The number of rotatable bonds is 7. The summed E-state index contributed by atoms with van der Waals surface area (Å²) in [5, 5.41) is 3.55. The summed E-state index contributed by atoms with van der Waals surface area (Å²) in [7, 11) is 0. The fraction of sp³-hybridized carbons (Fsp3) is 0.438. The van der Waals surface area contributed by atoms with Crippen LogP contribution in [0.4, 0.5) is 0 Å². The smallest absolute Gasteiger partial charge is 0.0485 e. The number of aromatic nitrogens is 2. The average Bonchev–Trinajstić information content (AvgIpc) is 2.87. The van der Waals surface area contributed by atoms with Crippen LogP contribution in [0.25, 0.3) is 0 Å². The molecule has 0 radical (unpaired) electrons. The van der Waals surface area contributed by atoms with Crippen molar-refractivity contribution in [2.45, 2.75) is 39.3 Å². The van der Waals surface area contributed by atoms with Gasteiger partial charge in [-0.1, -0.05) is 20.3 Å². The van der Waals surface area contributed by atoms with E-state index in [0.29, 0.717) is 6.04 Å². The van der Waals surface area contributed by atoms with E-state index in [1.807, 2.05) is 12.4 Å². The number of pyridine rings is 1. The number of hydrogen-bond donors (Lipinski definition) is 1. The maximum atomic E-state index is 4.21. The third-order valence-electron chi connectivity index (χ3n) is 3.33. The summed E-state index contributed by atoms with van der Waals surface area (Å²) < 4.78 is 3.25. The van der Waals surface area contributed by atoms with E-state index >= 15 is 0 Å². The van der Waals surface area contributed by atoms with Gasteiger partial charge in [-0.15, -0.1) is 0 Å². The first-order chi connectivity index (χ1) is 9.72. The Morgan fingerprint density at radius 1 is 1.35 bits per heavy atom. The zero-order valence-electron chi connectivity index (χ0n) is 12.1. The Morgan fingerprint density at radius 2 is 2.20 bits per heavy atom. The van der Waals surface area contributed by atoms with Gasteiger partial charge in [0.15, 0.2) is 0 Å². The summed E-state index contributed by atoms with van der Waals surface area (Å²) in [6.45, 7) is 6.25. The van der Waals surface area contributed by atoms with Crippen LogP contribution in [0.3, 0.4) is 0 Å². The summed E-state index contributed by atoms with van der Waals surface area (Å²) in [5.74, 6) is 0. The lowest BCUT2D eigenvalue weighted by atomic mass is 10.1. The summed E-state index contributed by atoms with van der Waals surface area (Å²) in [6, 6.07) is 4.79. The van der Waals surface area contributed by atoms with Crippen molar-refractivity contribution in [3.8, 4) is 0 Å². The van der Waals surface area contributed by atoms with Gasteiger partial charge in [0.05, 0.1) is 0 Å². The van der Waals surface area contributed by atoms with E-state index in [4.69, 9.17) is 0 Å². The zero-order chi connectivity index (χ0) is 14.4. The molecule has 0 fully saturated rings. The molecule has 2 heterocycles. The van der Waals surface area contributed by atoms with Gasteiger partial charge in [0, 0.05) is 41.8 Å². The van der Waals surface area contributed by atoms with Crippen LogP contribution < -0.4 is 5.32 Å². The van der Waals surface area contributed by atoms with Gasteiger partial charge in [-0.2, -0.15) is 0 Å². The maximum absolute atomic E-state index is 4.21. The highest BCUT2D eigenvalue weighted by Crippen LogP contribution is 2.19.